The van der Waals surface area contributed by atoms with Crippen molar-refractivity contribution in [1.29, 1.82) is 5.26 Å². The van der Waals surface area contributed by atoms with Gasteiger partial charge in [-0.25, -0.2) is 13.1 Å². The summed E-state index contributed by atoms with van der Waals surface area (Å²) >= 11 is 0. The maximum Gasteiger partial charge on any atom is 0.240 e. The lowest BCUT2D eigenvalue weighted by molar-refractivity contribution is -0.116. The van der Waals surface area contributed by atoms with Crippen LogP contribution in [0, 0.1) is 11.3 Å². The Kier molecular flexibility index (Phi) is 6.07. The zero-order valence-corrected chi connectivity index (χ0v) is 13.7. The third-order valence-corrected chi connectivity index (χ3v) is 4.70. The summed E-state index contributed by atoms with van der Waals surface area (Å²) in [4.78, 5) is 12.0. The standard InChI is InChI=1S/C17H17N3O3S/c18-12-10-14-6-8-15(9-7-14)20-17(21)11-13-19-24(22,23)16-4-2-1-3-5-16/h1-9,19H,10-11,13H2,(H,20,21). The lowest BCUT2D eigenvalue weighted by Crippen LogP contribution is -2.27. The number of benzene rings is 2. The fourth-order valence-electron chi connectivity index (χ4n) is 2.00. The van der Waals surface area contributed by atoms with Crippen LogP contribution in [-0.2, 0) is 21.2 Å². The van der Waals surface area contributed by atoms with E-state index in [0.29, 0.717) is 12.1 Å². The van der Waals surface area contributed by atoms with Crippen LogP contribution in [0.15, 0.2) is 59.5 Å². The van der Waals surface area contributed by atoms with E-state index in [1.54, 1.807) is 42.5 Å². The van der Waals surface area contributed by atoms with E-state index in [0.717, 1.165) is 5.56 Å². The van der Waals surface area contributed by atoms with Crippen LogP contribution in [0.25, 0.3) is 0 Å². The molecule has 24 heavy (non-hydrogen) atoms. The van der Waals surface area contributed by atoms with Crippen LogP contribution in [0.4, 0.5) is 5.69 Å². The maximum absolute atomic E-state index is 12.0. The first-order chi connectivity index (χ1) is 11.5. The topological polar surface area (TPSA) is 99.1 Å². The third kappa shape index (κ3) is 5.19. The number of anilines is 1. The van der Waals surface area contributed by atoms with Gasteiger partial charge in [-0.2, -0.15) is 5.26 Å². The largest absolute Gasteiger partial charge is 0.326 e. The molecular weight excluding hydrogens is 326 g/mol. The molecule has 2 rings (SSSR count). The normalized spacial score (nSPS) is 10.8. The van der Waals surface area contributed by atoms with Crippen molar-refractivity contribution in [3.8, 4) is 6.07 Å². The Hall–Kier alpha value is -2.69. The van der Waals surface area contributed by atoms with Crippen molar-refractivity contribution in [2.75, 3.05) is 11.9 Å². The third-order valence-electron chi connectivity index (χ3n) is 3.22. The van der Waals surface area contributed by atoms with Gasteiger partial charge in [-0.15, -0.1) is 0 Å². The Morgan fingerprint density at radius 1 is 1.04 bits per heavy atom. The molecule has 124 valence electrons. The highest BCUT2D eigenvalue weighted by Crippen LogP contribution is 2.10. The van der Waals surface area contributed by atoms with Gasteiger partial charge in [-0.1, -0.05) is 30.3 Å². The van der Waals surface area contributed by atoms with Gasteiger partial charge >= 0.3 is 0 Å². The highest BCUT2D eigenvalue weighted by molar-refractivity contribution is 7.89. The molecule has 0 bridgehead atoms. The molecule has 0 aromatic heterocycles. The fraction of sp³-hybridized carbons (Fsp3) is 0.176. The summed E-state index contributed by atoms with van der Waals surface area (Å²) in [7, 11) is -3.60. The van der Waals surface area contributed by atoms with E-state index in [-0.39, 0.29) is 23.8 Å². The number of hydrogen-bond donors (Lipinski definition) is 2. The number of nitrogens with one attached hydrogen (secondary N) is 2. The summed E-state index contributed by atoms with van der Waals surface area (Å²) in [5, 5.41) is 11.3. The average Bonchev–Trinajstić information content (AvgIpc) is 2.57. The van der Waals surface area contributed by atoms with Gasteiger partial charge < -0.3 is 5.32 Å². The fourth-order valence-corrected chi connectivity index (χ4v) is 3.06. The summed E-state index contributed by atoms with van der Waals surface area (Å²) in [6.45, 7) is 0.00950. The van der Waals surface area contributed by atoms with Gasteiger partial charge in [0.25, 0.3) is 0 Å². The van der Waals surface area contributed by atoms with Gasteiger partial charge in [0.05, 0.1) is 17.4 Å². The molecule has 0 aliphatic heterocycles. The average molecular weight is 343 g/mol. The molecule has 2 aromatic carbocycles. The van der Waals surface area contributed by atoms with Crippen LogP contribution in [0.1, 0.15) is 12.0 Å². The van der Waals surface area contributed by atoms with Crippen molar-refractivity contribution < 1.29 is 13.2 Å². The van der Waals surface area contributed by atoms with Crippen molar-refractivity contribution in [1.82, 2.24) is 4.72 Å². The summed E-state index contributed by atoms with van der Waals surface area (Å²) in [6.07, 6.45) is 0.335. The number of nitrogens with zero attached hydrogens (tertiary/aromatic N) is 1. The number of sulfonamides is 1. The molecular formula is C17H17N3O3S. The SMILES string of the molecule is N#CCc1ccc(NC(=O)CCNS(=O)(=O)c2ccccc2)cc1. The highest BCUT2D eigenvalue weighted by atomic mass is 32.2. The molecule has 0 heterocycles. The van der Waals surface area contributed by atoms with Crippen molar-refractivity contribution >= 4 is 21.6 Å². The number of nitriles is 1. The molecule has 7 heteroatoms. The Morgan fingerprint density at radius 2 is 1.71 bits per heavy atom. The van der Waals surface area contributed by atoms with Gasteiger partial charge in [0.15, 0.2) is 0 Å². The Labute approximate surface area is 141 Å². The molecule has 2 N–H and O–H groups in total. The number of hydrogen-bond acceptors (Lipinski definition) is 4. The molecule has 6 nitrogen and oxygen atoms in total. The van der Waals surface area contributed by atoms with E-state index in [4.69, 9.17) is 5.26 Å². The molecule has 0 aliphatic carbocycles. The van der Waals surface area contributed by atoms with Crippen molar-refractivity contribution in [2.24, 2.45) is 0 Å². The first kappa shape index (κ1) is 17.7. The number of amides is 1. The predicted molar refractivity (Wildman–Crippen MR) is 90.6 cm³/mol. The summed E-state index contributed by atoms with van der Waals surface area (Å²) in [5.41, 5.74) is 1.47. The van der Waals surface area contributed by atoms with E-state index in [1.807, 2.05) is 6.07 Å². The molecule has 0 atom stereocenters. The van der Waals surface area contributed by atoms with Gasteiger partial charge in [0, 0.05) is 18.7 Å². The smallest absolute Gasteiger partial charge is 0.240 e. The van der Waals surface area contributed by atoms with Gasteiger partial charge in [0.1, 0.15) is 0 Å². The second kappa shape index (κ2) is 8.24. The summed E-state index contributed by atoms with van der Waals surface area (Å²) < 4.78 is 26.4. The highest BCUT2D eigenvalue weighted by Gasteiger charge is 2.13. The van der Waals surface area contributed by atoms with Gasteiger partial charge in [-0.05, 0) is 29.8 Å². The molecule has 0 radical (unpaired) electrons. The van der Waals surface area contributed by atoms with Crippen LogP contribution >= 0.6 is 0 Å². The zero-order chi connectivity index (χ0) is 17.4. The Morgan fingerprint density at radius 3 is 2.33 bits per heavy atom. The van der Waals surface area contributed by atoms with Crippen LogP contribution in [0.5, 0.6) is 0 Å². The maximum atomic E-state index is 12.0. The van der Waals surface area contributed by atoms with Crippen LogP contribution in [-0.4, -0.2) is 20.9 Å². The van der Waals surface area contributed by atoms with E-state index >= 15 is 0 Å². The van der Waals surface area contributed by atoms with E-state index < -0.39 is 10.0 Å². The van der Waals surface area contributed by atoms with Gasteiger partial charge in [-0.3, -0.25) is 4.79 Å². The molecule has 0 aliphatic rings. The predicted octanol–water partition coefficient (Wildman–Crippen LogP) is 2.06. The molecule has 2 aromatic rings. The quantitative estimate of drug-likeness (QED) is 0.804. The lowest BCUT2D eigenvalue weighted by atomic mass is 10.1. The van der Waals surface area contributed by atoms with Crippen molar-refractivity contribution in [2.45, 2.75) is 17.7 Å². The molecule has 0 spiro atoms. The lowest BCUT2D eigenvalue weighted by Gasteiger charge is -2.08. The monoisotopic (exact) mass is 343 g/mol. The van der Waals surface area contributed by atoms with E-state index in [2.05, 4.69) is 10.0 Å². The van der Waals surface area contributed by atoms with Crippen LogP contribution in [0.2, 0.25) is 0 Å². The molecule has 1 amide bonds. The van der Waals surface area contributed by atoms with E-state index in [9.17, 15) is 13.2 Å². The molecule has 0 saturated heterocycles. The first-order valence-corrected chi connectivity index (χ1v) is 8.80. The Balaban J connectivity index is 1.82. The van der Waals surface area contributed by atoms with Gasteiger partial charge in [0.2, 0.25) is 15.9 Å². The second-order valence-electron chi connectivity index (χ2n) is 5.04. The minimum Gasteiger partial charge on any atom is -0.326 e. The molecule has 0 unspecified atom stereocenters. The van der Waals surface area contributed by atoms with Crippen molar-refractivity contribution in [3.05, 3.63) is 60.2 Å². The van der Waals surface area contributed by atoms with Crippen LogP contribution in [0.3, 0.4) is 0 Å². The van der Waals surface area contributed by atoms with Crippen LogP contribution < -0.4 is 10.0 Å². The number of carbonyl (C=O) groups is 1. The van der Waals surface area contributed by atoms with Crippen molar-refractivity contribution in [3.63, 3.8) is 0 Å². The minimum atomic E-state index is -3.60. The first-order valence-electron chi connectivity index (χ1n) is 7.32. The Bertz CT molecular complexity index is 826. The summed E-state index contributed by atoms with van der Waals surface area (Å²) in [6, 6.07) is 17.0. The molecule has 0 saturated carbocycles. The second-order valence-corrected chi connectivity index (χ2v) is 6.81. The minimum absolute atomic E-state index is 0.00950. The molecule has 0 fully saturated rings. The number of rotatable bonds is 7. The number of carbonyl (C=O) groups excluding carboxylic acids is 1. The van der Waals surface area contributed by atoms with E-state index in [1.165, 1.54) is 12.1 Å². The zero-order valence-electron chi connectivity index (χ0n) is 12.9. The summed E-state index contributed by atoms with van der Waals surface area (Å²) in [5.74, 6) is -0.293.